The molecule has 0 saturated carbocycles. The van der Waals surface area contributed by atoms with E-state index >= 15 is 0 Å². The first-order valence-corrected chi connectivity index (χ1v) is 8.08. The van der Waals surface area contributed by atoms with Crippen LogP contribution in [0.5, 0.6) is 0 Å². The van der Waals surface area contributed by atoms with Crippen molar-refractivity contribution in [3.63, 3.8) is 0 Å². The standard InChI is InChI=1S/C18H16F3N5O/c1-11-9-14(5-8-16(11)26-10-22-24-25-26)17(27)23-12(2)13-3-6-15(7-4-13)18(19,20)21/h3-10,12H,1-2H3,(H,23,27). The zero-order chi connectivity index (χ0) is 19.6. The van der Waals surface area contributed by atoms with Crippen LogP contribution in [0, 0.1) is 6.92 Å². The van der Waals surface area contributed by atoms with Gasteiger partial charge in [-0.3, -0.25) is 4.79 Å². The molecule has 1 unspecified atom stereocenters. The molecule has 0 aliphatic heterocycles. The van der Waals surface area contributed by atoms with Gasteiger partial charge in [0, 0.05) is 5.56 Å². The molecular formula is C18H16F3N5O. The van der Waals surface area contributed by atoms with Crippen molar-refractivity contribution in [3.05, 3.63) is 71.0 Å². The fourth-order valence-corrected chi connectivity index (χ4v) is 2.65. The summed E-state index contributed by atoms with van der Waals surface area (Å²) in [5.74, 6) is -0.325. The Kier molecular flexibility index (Phi) is 4.93. The monoisotopic (exact) mass is 375 g/mol. The maximum absolute atomic E-state index is 12.6. The van der Waals surface area contributed by atoms with E-state index in [-0.39, 0.29) is 5.91 Å². The highest BCUT2D eigenvalue weighted by molar-refractivity contribution is 5.94. The quantitative estimate of drug-likeness (QED) is 0.758. The molecule has 1 aromatic heterocycles. The molecule has 1 atom stereocenters. The molecule has 1 N–H and O–H groups in total. The molecular weight excluding hydrogens is 359 g/mol. The SMILES string of the molecule is Cc1cc(C(=O)NC(C)c2ccc(C(F)(F)F)cc2)ccc1-n1cnnn1. The molecule has 3 rings (SSSR count). The van der Waals surface area contributed by atoms with Gasteiger partial charge in [0.2, 0.25) is 0 Å². The summed E-state index contributed by atoms with van der Waals surface area (Å²) in [5, 5.41) is 13.7. The molecule has 1 heterocycles. The van der Waals surface area contributed by atoms with Crippen LogP contribution in [0.4, 0.5) is 13.2 Å². The van der Waals surface area contributed by atoms with Crippen LogP contribution in [-0.2, 0) is 6.18 Å². The van der Waals surface area contributed by atoms with Crippen LogP contribution in [0.3, 0.4) is 0 Å². The number of alkyl halides is 3. The lowest BCUT2D eigenvalue weighted by atomic mass is 10.0. The van der Waals surface area contributed by atoms with E-state index in [1.165, 1.54) is 23.1 Å². The van der Waals surface area contributed by atoms with Gasteiger partial charge in [-0.05, 0) is 65.7 Å². The first-order chi connectivity index (χ1) is 12.8. The van der Waals surface area contributed by atoms with Crippen molar-refractivity contribution in [1.29, 1.82) is 0 Å². The Labute approximate surface area is 153 Å². The van der Waals surface area contributed by atoms with Gasteiger partial charge in [0.1, 0.15) is 6.33 Å². The number of benzene rings is 2. The molecule has 140 valence electrons. The molecule has 3 aromatic rings. The van der Waals surface area contributed by atoms with Crippen molar-refractivity contribution in [3.8, 4) is 5.69 Å². The van der Waals surface area contributed by atoms with Gasteiger partial charge >= 0.3 is 6.18 Å². The molecule has 0 aliphatic rings. The largest absolute Gasteiger partial charge is 0.416 e. The Balaban J connectivity index is 1.72. The Morgan fingerprint density at radius 1 is 1.15 bits per heavy atom. The number of carbonyl (C=O) groups excluding carboxylic acids is 1. The number of hydrogen-bond acceptors (Lipinski definition) is 4. The lowest BCUT2D eigenvalue weighted by molar-refractivity contribution is -0.137. The number of aryl methyl sites for hydroxylation is 1. The Hall–Kier alpha value is -3.23. The van der Waals surface area contributed by atoms with E-state index in [4.69, 9.17) is 0 Å². The second-order valence-corrected chi connectivity index (χ2v) is 6.07. The third-order valence-corrected chi connectivity index (χ3v) is 4.14. The third-order valence-electron chi connectivity index (χ3n) is 4.14. The second-order valence-electron chi connectivity index (χ2n) is 6.07. The van der Waals surface area contributed by atoms with E-state index in [1.807, 2.05) is 6.92 Å². The number of hydrogen-bond donors (Lipinski definition) is 1. The summed E-state index contributed by atoms with van der Waals surface area (Å²) < 4.78 is 39.4. The topological polar surface area (TPSA) is 72.7 Å². The first kappa shape index (κ1) is 18.6. The number of nitrogens with one attached hydrogen (secondary N) is 1. The number of carbonyl (C=O) groups is 1. The maximum atomic E-state index is 12.6. The smallest absolute Gasteiger partial charge is 0.346 e. The van der Waals surface area contributed by atoms with Crippen molar-refractivity contribution >= 4 is 5.91 Å². The van der Waals surface area contributed by atoms with E-state index in [2.05, 4.69) is 20.8 Å². The summed E-state index contributed by atoms with van der Waals surface area (Å²) in [4.78, 5) is 12.5. The summed E-state index contributed by atoms with van der Waals surface area (Å²) in [6, 6.07) is 9.35. The van der Waals surface area contributed by atoms with Crippen LogP contribution in [0.1, 0.15) is 40.0 Å². The fourth-order valence-electron chi connectivity index (χ4n) is 2.65. The summed E-state index contributed by atoms with van der Waals surface area (Å²) in [5.41, 5.74) is 1.84. The summed E-state index contributed by atoms with van der Waals surface area (Å²) in [7, 11) is 0. The van der Waals surface area contributed by atoms with E-state index < -0.39 is 17.8 Å². The van der Waals surface area contributed by atoms with Crippen LogP contribution in [0.25, 0.3) is 5.69 Å². The van der Waals surface area contributed by atoms with Gasteiger partial charge in [0.25, 0.3) is 5.91 Å². The van der Waals surface area contributed by atoms with Crippen molar-refractivity contribution in [2.75, 3.05) is 0 Å². The van der Waals surface area contributed by atoms with Gasteiger partial charge in [0.15, 0.2) is 0 Å². The van der Waals surface area contributed by atoms with Gasteiger partial charge in [0.05, 0.1) is 17.3 Å². The summed E-state index contributed by atoms with van der Waals surface area (Å²) in [6.45, 7) is 3.54. The first-order valence-electron chi connectivity index (χ1n) is 8.08. The molecule has 0 spiro atoms. The van der Waals surface area contributed by atoms with Gasteiger partial charge in [-0.15, -0.1) is 5.10 Å². The van der Waals surface area contributed by atoms with Crippen LogP contribution in [0.2, 0.25) is 0 Å². The minimum absolute atomic E-state index is 0.325. The highest BCUT2D eigenvalue weighted by Crippen LogP contribution is 2.30. The van der Waals surface area contributed by atoms with Crippen LogP contribution in [0.15, 0.2) is 48.8 Å². The van der Waals surface area contributed by atoms with E-state index in [0.717, 1.165) is 23.4 Å². The number of halogens is 3. The minimum atomic E-state index is -4.39. The third kappa shape index (κ3) is 4.13. The lowest BCUT2D eigenvalue weighted by Gasteiger charge is -2.16. The van der Waals surface area contributed by atoms with Gasteiger partial charge in [-0.1, -0.05) is 12.1 Å². The molecule has 0 bridgehead atoms. The molecule has 6 nitrogen and oxygen atoms in total. The van der Waals surface area contributed by atoms with E-state index in [1.54, 1.807) is 25.1 Å². The number of rotatable bonds is 4. The molecule has 0 saturated heterocycles. The fraction of sp³-hybridized carbons (Fsp3) is 0.222. The number of amides is 1. The van der Waals surface area contributed by atoms with Gasteiger partial charge in [-0.25, -0.2) is 4.68 Å². The van der Waals surface area contributed by atoms with Crippen LogP contribution in [-0.4, -0.2) is 26.1 Å². The zero-order valence-corrected chi connectivity index (χ0v) is 14.5. The normalized spacial score (nSPS) is 12.6. The Bertz CT molecular complexity index is 937. The van der Waals surface area contributed by atoms with Gasteiger partial charge in [-0.2, -0.15) is 13.2 Å². The number of aromatic nitrogens is 4. The molecule has 27 heavy (non-hydrogen) atoms. The van der Waals surface area contributed by atoms with E-state index in [9.17, 15) is 18.0 Å². The molecule has 0 radical (unpaired) electrons. The van der Waals surface area contributed by atoms with Crippen molar-refractivity contribution in [1.82, 2.24) is 25.5 Å². The molecule has 9 heteroatoms. The van der Waals surface area contributed by atoms with Crippen molar-refractivity contribution in [2.45, 2.75) is 26.1 Å². The lowest BCUT2D eigenvalue weighted by Crippen LogP contribution is -2.26. The molecule has 0 fully saturated rings. The minimum Gasteiger partial charge on any atom is -0.346 e. The molecule has 0 aliphatic carbocycles. The van der Waals surface area contributed by atoms with Crippen molar-refractivity contribution in [2.24, 2.45) is 0 Å². The summed E-state index contributed by atoms with van der Waals surface area (Å²) >= 11 is 0. The average molecular weight is 375 g/mol. The highest BCUT2D eigenvalue weighted by atomic mass is 19.4. The van der Waals surface area contributed by atoms with E-state index in [0.29, 0.717) is 11.1 Å². The molecule has 1 amide bonds. The Morgan fingerprint density at radius 2 is 1.85 bits per heavy atom. The number of tetrazole rings is 1. The maximum Gasteiger partial charge on any atom is 0.416 e. The average Bonchev–Trinajstić information content (AvgIpc) is 3.15. The predicted molar refractivity (Wildman–Crippen MR) is 91.2 cm³/mol. The van der Waals surface area contributed by atoms with Gasteiger partial charge < -0.3 is 5.32 Å². The number of nitrogens with zero attached hydrogens (tertiary/aromatic N) is 4. The van der Waals surface area contributed by atoms with Crippen LogP contribution < -0.4 is 5.32 Å². The Morgan fingerprint density at radius 3 is 2.41 bits per heavy atom. The predicted octanol–water partition coefficient (Wildman–Crippen LogP) is 3.48. The zero-order valence-electron chi connectivity index (χ0n) is 14.5. The molecule has 2 aromatic carbocycles. The second kappa shape index (κ2) is 7.18. The summed E-state index contributed by atoms with van der Waals surface area (Å²) in [6.07, 6.45) is -2.93. The van der Waals surface area contributed by atoms with Crippen LogP contribution >= 0.6 is 0 Å². The highest BCUT2D eigenvalue weighted by Gasteiger charge is 2.30. The van der Waals surface area contributed by atoms with Crippen molar-refractivity contribution < 1.29 is 18.0 Å².